The molecular weight excluding hydrogens is 264 g/mol. The number of hydrogen-bond donors (Lipinski definition) is 1. The van der Waals surface area contributed by atoms with Crippen molar-refractivity contribution in [3.63, 3.8) is 0 Å². The number of aliphatic hydroxyl groups excluding tert-OH is 1. The lowest BCUT2D eigenvalue weighted by atomic mass is 9.79. The zero-order valence-corrected chi connectivity index (χ0v) is 13.6. The van der Waals surface area contributed by atoms with Crippen LogP contribution >= 0.6 is 0 Å². The minimum atomic E-state index is -2.46. The second-order valence-corrected chi connectivity index (χ2v) is 8.39. The van der Waals surface area contributed by atoms with Crippen molar-refractivity contribution in [3.8, 4) is 0 Å². The van der Waals surface area contributed by atoms with Crippen molar-refractivity contribution in [1.82, 2.24) is 0 Å². The van der Waals surface area contributed by atoms with Crippen molar-refractivity contribution in [3.05, 3.63) is 0 Å². The van der Waals surface area contributed by atoms with E-state index < -0.39 is 8.80 Å². The fraction of sp³-hybridized carbons (Fsp3) is 1.00. The van der Waals surface area contributed by atoms with E-state index in [-0.39, 0.29) is 12.0 Å². The summed E-state index contributed by atoms with van der Waals surface area (Å²) in [7, 11) is 4.15. The van der Waals surface area contributed by atoms with Gasteiger partial charge in [-0.05, 0) is 31.6 Å². The van der Waals surface area contributed by atoms with Crippen LogP contribution in [0.2, 0.25) is 6.04 Å². The van der Waals surface area contributed by atoms with Crippen molar-refractivity contribution in [2.24, 2.45) is 11.8 Å². The first kappa shape index (κ1) is 17.1. The Balaban J connectivity index is 2.39. The molecule has 3 atom stereocenters. The van der Waals surface area contributed by atoms with Gasteiger partial charge in [-0.2, -0.15) is 0 Å². The predicted molar refractivity (Wildman–Crippen MR) is 74.9 cm³/mol. The Kier molecular flexibility index (Phi) is 7.49. The van der Waals surface area contributed by atoms with Gasteiger partial charge in [0.05, 0.1) is 12.7 Å². The average molecular weight is 292 g/mol. The molecule has 1 N–H and O–H groups in total. The number of hydrogen-bond acceptors (Lipinski definition) is 5. The largest absolute Gasteiger partial charge is 0.500 e. The van der Waals surface area contributed by atoms with Crippen LogP contribution in [0, 0.1) is 11.8 Å². The van der Waals surface area contributed by atoms with Gasteiger partial charge in [-0.25, -0.2) is 0 Å². The van der Waals surface area contributed by atoms with E-state index in [1.807, 2.05) is 0 Å². The van der Waals surface area contributed by atoms with Gasteiger partial charge in [0.1, 0.15) is 0 Å². The molecule has 114 valence electrons. The van der Waals surface area contributed by atoms with Crippen LogP contribution in [-0.2, 0) is 18.0 Å². The molecule has 0 saturated heterocycles. The summed E-state index contributed by atoms with van der Waals surface area (Å²) >= 11 is 0. The molecule has 19 heavy (non-hydrogen) atoms. The highest BCUT2D eigenvalue weighted by Gasteiger charge is 2.39. The van der Waals surface area contributed by atoms with Gasteiger partial charge in [0.2, 0.25) is 0 Å². The van der Waals surface area contributed by atoms with Gasteiger partial charge in [0.25, 0.3) is 0 Å². The van der Waals surface area contributed by atoms with E-state index >= 15 is 0 Å². The number of methoxy groups -OCH3 is 1. The van der Waals surface area contributed by atoms with Crippen LogP contribution in [0.1, 0.15) is 25.7 Å². The molecule has 0 aliphatic heterocycles. The summed E-state index contributed by atoms with van der Waals surface area (Å²) in [6, 6.07) is 0.808. The molecule has 0 spiro atoms. The molecular formula is C13H28O5Si. The summed E-state index contributed by atoms with van der Waals surface area (Å²) < 4.78 is 21.4. The third-order valence-electron chi connectivity index (χ3n) is 4.24. The van der Waals surface area contributed by atoms with Gasteiger partial charge in [0, 0.05) is 40.4 Å². The second kappa shape index (κ2) is 8.34. The summed E-state index contributed by atoms with van der Waals surface area (Å²) in [5, 5.41) is 10.1. The first-order valence-corrected chi connectivity index (χ1v) is 8.86. The van der Waals surface area contributed by atoms with Crippen molar-refractivity contribution in [1.29, 1.82) is 0 Å². The minimum Gasteiger partial charge on any atom is -0.393 e. The highest BCUT2D eigenvalue weighted by Crippen LogP contribution is 2.33. The maximum atomic E-state index is 10.1. The Morgan fingerprint density at radius 2 is 1.68 bits per heavy atom. The molecule has 1 saturated carbocycles. The van der Waals surface area contributed by atoms with Crippen molar-refractivity contribution in [2.75, 3.05) is 35.0 Å². The average Bonchev–Trinajstić information content (AvgIpc) is 2.44. The van der Waals surface area contributed by atoms with Gasteiger partial charge in [0.15, 0.2) is 0 Å². The first-order chi connectivity index (χ1) is 9.10. The fourth-order valence-electron chi connectivity index (χ4n) is 2.90. The van der Waals surface area contributed by atoms with E-state index in [4.69, 9.17) is 18.0 Å². The van der Waals surface area contributed by atoms with E-state index in [1.165, 1.54) is 0 Å². The van der Waals surface area contributed by atoms with E-state index in [0.717, 1.165) is 31.7 Å². The van der Waals surface area contributed by atoms with E-state index in [9.17, 15) is 5.11 Å². The molecule has 1 fully saturated rings. The molecule has 5 nitrogen and oxygen atoms in total. The van der Waals surface area contributed by atoms with E-state index in [0.29, 0.717) is 12.5 Å². The maximum Gasteiger partial charge on any atom is 0.500 e. The topological polar surface area (TPSA) is 57.2 Å². The molecule has 1 aliphatic carbocycles. The normalized spacial score (nSPS) is 28.6. The zero-order valence-electron chi connectivity index (χ0n) is 12.6. The highest BCUT2D eigenvalue weighted by molar-refractivity contribution is 6.60. The molecule has 0 aromatic heterocycles. The second-order valence-electron chi connectivity index (χ2n) is 5.30. The zero-order chi connectivity index (χ0) is 14.3. The third-order valence-corrected chi connectivity index (χ3v) is 7.00. The van der Waals surface area contributed by atoms with Gasteiger partial charge in [-0.1, -0.05) is 0 Å². The van der Waals surface area contributed by atoms with Crippen molar-refractivity contribution in [2.45, 2.75) is 37.8 Å². The summed E-state index contributed by atoms with van der Waals surface area (Å²) in [5.41, 5.74) is 0. The van der Waals surface area contributed by atoms with Crippen LogP contribution in [0.5, 0.6) is 0 Å². The smallest absolute Gasteiger partial charge is 0.393 e. The molecule has 0 bridgehead atoms. The molecule has 3 unspecified atom stereocenters. The lowest BCUT2D eigenvalue weighted by Gasteiger charge is -2.34. The number of ether oxygens (including phenoxy) is 1. The summed E-state index contributed by atoms with van der Waals surface area (Å²) in [4.78, 5) is 0. The van der Waals surface area contributed by atoms with E-state index in [1.54, 1.807) is 28.4 Å². The van der Waals surface area contributed by atoms with Gasteiger partial charge >= 0.3 is 8.80 Å². The lowest BCUT2D eigenvalue weighted by Crippen LogP contribution is -2.43. The van der Waals surface area contributed by atoms with Crippen LogP contribution in [0.3, 0.4) is 0 Å². The summed E-state index contributed by atoms with van der Waals surface area (Å²) in [6.45, 7) is 0.654. The molecule has 0 radical (unpaired) electrons. The van der Waals surface area contributed by atoms with Crippen LogP contribution in [0.25, 0.3) is 0 Å². The molecule has 1 aliphatic rings. The van der Waals surface area contributed by atoms with Crippen molar-refractivity contribution >= 4 is 8.80 Å². The van der Waals surface area contributed by atoms with Crippen LogP contribution in [-0.4, -0.2) is 55.1 Å². The summed E-state index contributed by atoms with van der Waals surface area (Å²) in [5.74, 6) is 0.811. The monoisotopic (exact) mass is 292 g/mol. The third kappa shape index (κ3) is 4.80. The van der Waals surface area contributed by atoms with Gasteiger partial charge in [-0.3, -0.25) is 0 Å². The Labute approximate surface area is 117 Å². The maximum absolute atomic E-state index is 10.1. The molecule has 0 aromatic carbocycles. The number of rotatable bonds is 8. The van der Waals surface area contributed by atoms with Crippen LogP contribution < -0.4 is 0 Å². The standard InChI is InChI=1S/C13H28O5Si/c1-15-10-12-6-5-11(9-13(12)14)7-8-19(16-2,17-3)18-4/h11-14H,5-10H2,1-4H3. The summed E-state index contributed by atoms with van der Waals surface area (Å²) in [6.07, 6.45) is 3.74. The van der Waals surface area contributed by atoms with Crippen LogP contribution in [0.4, 0.5) is 0 Å². The lowest BCUT2D eigenvalue weighted by molar-refractivity contribution is 0.00190. The minimum absolute atomic E-state index is 0.248. The van der Waals surface area contributed by atoms with E-state index in [2.05, 4.69) is 0 Å². The van der Waals surface area contributed by atoms with Gasteiger partial charge in [-0.15, -0.1) is 0 Å². The fourth-order valence-corrected chi connectivity index (χ4v) is 4.78. The Bertz CT molecular complexity index is 239. The van der Waals surface area contributed by atoms with Crippen LogP contribution in [0.15, 0.2) is 0 Å². The Morgan fingerprint density at radius 3 is 2.16 bits per heavy atom. The Hall–Kier alpha value is 0.0169. The molecule has 1 rings (SSSR count). The molecule has 0 aromatic rings. The molecule has 0 heterocycles. The molecule has 6 heteroatoms. The van der Waals surface area contributed by atoms with Crippen molar-refractivity contribution < 1.29 is 23.1 Å². The predicted octanol–water partition coefficient (Wildman–Crippen LogP) is 1.68. The Morgan fingerprint density at radius 1 is 1.05 bits per heavy atom. The number of aliphatic hydroxyl groups is 1. The molecule has 0 amide bonds. The highest BCUT2D eigenvalue weighted by atomic mass is 28.4. The first-order valence-electron chi connectivity index (χ1n) is 6.93. The van der Waals surface area contributed by atoms with Gasteiger partial charge < -0.3 is 23.1 Å². The quantitative estimate of drug-likeness (QED) is 0.690. The SMILES string of the molecule is COCC1CCC(CC[Si](OC)(OC)OC)CC1O.